The third-order valence-electron chi connectivity index (χ3n) is 3.11. The molecule has 0 aliphatic heterocycles. The van der Waals surface area contributed by atoms with Gasteiger partial charge in [0.2, 0.25) is 0 Å². The molecule has 0 radical (unpaired) electrons. The number of fused-ring (bicyclic) bond motifs is 1. The molecule has 5 heteroatoms. The van der Waals surface area contributed by atoms with Crippen molar-refractivity contribution in [3.8, 4) is 22.9 Å². The first-order valence-electron chi connectivity index (χ1n) is 6.09. The molecule has 4 nitrogen and oxygen atoms in total. The molecule has 0 atom stereocenters. The van der Waals surface area contributed by atoms with Gasteiger partial charge in [-0.1, -0.05) is 15.9 Å². The van der Waals surface area contributed by atoms with Crippen LogP contribution in [0.1, 0.15) is 0 Å². The third-order valence-corrected chi connectivity index (χ3v) is 3.60. The summed E-state index contributed by atoms with van der Waals surface area (Å²) in [5.74, 6) is 2.25. The second-order valence-electron chi connectivity index (χ2n) is 4.31. The second-order valence-corrected chi connectivity index (χ2v) is 5.23. The van der Waals surface area contributed by atoms with Crippen LogP contribution in [0, 0.1) is 0 Å². The van der Waals surface area contributed by atoms with E-state index >= 15 is 0 Å². The van der Waals surface area contributed by atoms with Gasteiger partial charge in [0, 0.05) is 10.5 Å². The number of aromatic nitrogens is 2. The Kier molecular flexibility index (Phi) is 3.36. The number of nitrogens with one attached hydrogen (secondary N) is 1. The van der Waals surface area contributed by atoms with Gasteiger partial charge in [-0.05, 0) is 30.3 Å². The average molecular weight is 333 g/mol. The third kappa shape index (κ3) is 2.25. The molecule has 102 valence electrons. The lowest BCUT2D eigenvalue weighted by Crippen LogP contribution is -1.91. The van der Waals surface area contributed by atoms with Crippen LogP contribution < -0.4 is 9.47 Å². The van der Waals surface area contributed by atoms with Crippen LogP contribution in [0.4, 0.5) is 0 Å². The molecular formula is C15H13BrN2O2. The zero-order valence-corrected chi connectivity index (χ0v) is 12.7. The van der Waals surface area contributed by atoms with Crippen LogP contribution in [0.25, 0.3) is 22.4 Å². The van der Waals surface area contributed by atoms with E-state index in [4.69, 9.17) is 9.47 Å². The van der Waals surface area contributed by atoms with Gasteiger partial charge in [-0.25, -0.2) is 4.98 Å². The number of methoxy groups -OCH3 is 2. The second kappa shape index (κ2) is 5.17. The van der Waals surface area contributed by atoms with Crippen LogP contribution in [0.5, 0.6) is 11.5 Å². The zero-order chi connectivity index (χ0) is 14.1. The summed E-state index contributed by atoms with van der Waals surface area (Å²) >= 11 is 3.46. The molecule has 2 aromatic carbocycles. The molecule has 0 fully saturated rings. The van der Waals surface area contributed by atoms with Gasteiger partial charge in [0.05, 0.1) is 30.8 Å². The summed E-state index contributed by atoms with van der Waals surface area (Å²) in [5, 5.41) is 0. The Morgan fingerprint density at radius 2 is 1.90 bits per heavy atom. The lowest BCUT2D eigenvalue weighted by molar-refractivity contribution is 0.395. The highest BCUT2D eigenvalue weighted by Crippen LogP contribution is 2.33. The van der Waals surface area contributed by atoms with Crippen molar-refractivity contribution in [2.75, 3.05) is 14.2 Å². The fraction of sp³-hybridized carbons (Fsp3) is 0.133. The highest BCUT2D eigenvalue weighted by Gasteiger charge is 2.11. The minimum Gasteiger partial charge on any atom is -0.497 e. The summed E-state index contributed by atoms with van der Waals surface area (Å²) in [5.41, 5.74) is 2.80. The summed E-state index contributed by atoms with van der Waals surface area (Å²) in [4.78, 5) is 7.89. The van der Waals surface area contributed by atoms with Gasteiger partial charge in [0.15, 0.2) is 0 Å². The molecule has 0 saturated heterocycles. The fourth-order valence-electron chi connectivity index (χ4n) is 2.10. The maximum absolute atomic E-state index is 5.41. The molecule has 0 spiro atoms. The van der Waals surface area contributed by atoms with Gasteiger partial charge in [-0.15, -0.1) is 0 Å². The number of H-pyrrole nitrogens is 1. The summed E-state index contributed by atoms with van der Waals surface area (Å²) < 4.78 is 11.6. The van der Waals surface area contributed by atoms with Crippen molar-refractivity contribution in [3.05, 3.63) is 40.9 Å². The van der Waals surface area contributed by atoms with Crippen molar-refractivity contribution in [1.82, 2.24) is 9.97 Å². The van der Waals surface area contributed by atoms with Crippen LogP contribution in [0.15, 0.2) is 40.9 Å². The van der Waals surface area contributed by atoms with E-state index < -0.39 is 0 Å². The SMILES string of the molecule is COc1ccc(-c2nc3ccc(Br)cc3[nH]2)c(OC)c1. The molecule has 3 rings (SSSR count). The van der Waals surface area contributed by atoms with Gasteiger partial charge in [0.25, 0.3) is 0 Å². The van der Waals surface area contributed by atoms with E-state index in [0.29, 0.717) is 0 Å². The molecule has 1 aromatic heterocycles. The van der Waals surface area contributed by atoms with E-state index in [1.54, 1.807) is 14.2 Å². The highest BCUT2D eigenvalue weighted by molar-refractivity contribution is 9.10. The quantitative estimate of drug-likeness (QED) is 0.788. The Bertz CT molecular complexity index is 768. The minimum atomic E-state index is 0.725. The number of imidazole rings is 1. The van der Waals surface area contributed by atoms with Crippen molar-refractivity contribution in [1.29, 1.82) is 0 Å². The van der Waals surface area contributed by atoms with Crippen molar-refractivity contribution < 1.29 is 9.47 Å². The van der Waals surface area contributed by atoms with Gasteiger partial charge in [-0.3, -0.25) is 0 Å². The molecule has 0 amide bonds. The first-order chi connectivity index (χ1) is 9.71. The molecule has 3 aromatic rings. The standard InChI is InChI=1S/C15H13BrN2O2/c1-19-10-4-5-11(14(8-10)20-2)15-17-12-6-3-9(16)7-13(12)18-15/h3-8H,1-2H3,(H,17,18). The number of hydrogen-bond donors (Lipinski definition) is 1. The van der Waals surface area contributed by atoms with Gasteiger partial charge >= 0.3 is 0 Å². The monoisotopic (exact) mass is 332 g/mol. The molecule has 20 heavy (non-hydrogen) atoms. The van der Waals surface area contributed by atoms with Crippen LogP contribution in [0.2, 0.25) is 0 Å². The molecule has 1 N–H and O–H groups in total. The first-order valence-corrected chi connectivity index (χ1v) is 6.88. The normalized spacial score (nSPS) is 10.8. The zero-order valence-electron chi connectivity index (χ0n) is 11.1. The van der Waals surface area contributed by atoms with E-state index in [2.05, 4.69) is 25.9 Å². The number of aromatic amines is 1. The van der Waals surface area contributed by atoms with Crippen LogP contribution >= 0.6 is 15.9 Å². The minimum absolute atomic E-state index is 0.725. The van der Waals surface area contributed by atoms with Crippen LogP contribution in [-0.2, 0) is 0 Å². The summed E-state index contributed by atoms with van der Waals surface area (Å²) in [6, 6.07) is 11.6. The Labute approximate surface area is 124 Å². The Balaban J connectivity index is 2.14. The van der Waals surface area contributed by atoms with Gasteiger partial charge < -0.3 is 14.5 Å². The van der Waals surface area contributed by atoms with Gasteiger partial charge in [-0.2, -0.15) is 0 Å². The Morgan fingerprint density at radius 3 is 2.65 bits per heavy atom. The van der Waals surface area contributed by atoms with Crippen molar-refractivity contribution in [2.24, 2.45) is 0 Å². The van der Waals surface area contributed by atoms with E-state index in [0.717, 1.165) is 38.4 Å². The number of benzene rings is 2. The summed E-state index contributed by atoms with van der Waals surface area (Å²) in [6.07, 6.45) is 0. The molecular weight excluding hydrogens is 320 g/mol. The van der Waals surface area contributed by atoms with Crippen LogP contribution in [0.3, 0.4) is 0 Å². The number of hydrogen-bond acceptors (Lipinski definition) is 3. The largest absolute Gasteiger partial charge is 0.497 e. The predicted molar refractivity (Wildman–Crippen MR) is 82.3 cm³/mol. The van der Waals surface area contributed by atoms with E-state index in [1.165, 1.54) is 0 Å². The van der Waals surface area contributed by atoms with Crippen LogP contribution in [-0.4, -0.2) is 24.2 Å². The fourth-order valence-corrected chi connectivity index (χ4v) is 2.46. The van der Waals surface area contributed by atoms with E-state index in [9.17, 15) is 0 Å². The number of halogens is 1. The smallest absolute Gasteiger partial charge is 0.142 e. The van der Waals surface area contributed by atoms with Crippen molar-refractivity contribution >= 4 is 27.0 Å². The predicted octanol–water partition coefficient (Wildman–Crippen LogP) is 4.01. The van der Waals surface area contributed by atoms with Crippen molar-refractivity contribution in [3.63, 3.8) is 0 Å². The summed E-state index contributed by atoms with van der Waals surface area (Å²) in [6.45, 7) is 0. The highest BCUT2D eigenvalue weighted by atomic mass is 79.9. The molecule has 0 bridgehead atoms. The first kappa shape index (κ1) is 13.0. The van der Waals surface area contributed by atoms with Gasteiger partial charge in [0.1, 0.15) is 17.3 Å². The topological polar surface area (TPSA) is 47.1 Å². The number of ether oxygens (including phenoxy) is 2. The molecule has 1 heterocycles. The molecule has 0 unspecified atom stereocenters. The molecule has 0 aliphatic carbocycles. The molecule has 0 saturated carbocycles. The molecule has 0 aliphatic rings. The number of nitrogens with zero attached hydrogens (tertiary/aromatic N) is 1. The number of rotatable bonds is 3. The lowest BCUT2D eigenvalue weighted by Gasteiger charge is -2.08. The van der Waals surface area contributed by atoms with E-state index in [-0.39, 0.29) is 0 Å². The average Bonchev–Trinajstić information content (AvgIpc) is 2.89. The lowest BCUT2D eigenvalue weighted by atomic mass is 10.2. The summed E-state index contributed by atoms with van der Waals surface area (Å²) in [7, 11) is 3.27. The maximum atomic E-state index is 5.41. The van der Waals surface area contributed by atoms with Crippen molar-refractivity contribution in [2.45, 2.75) is 0 Å². The Hall–Kier alpha value is -2.01. The van der Waals surface area contributed by atoms with E-state index in [1.807, 2.05) is 36.4 Å². The maximum Gasteiger partial charge on any atom is 0.142 e. The Morgan fingerprint density at radius 1 is 1.05 bits per heavy atom.